The molecule has 0 fully saturated rings. The first-order valence-corrected chi connectivity index (χ1v) is 10.0. The SMILES string of the molecule is O=C(CSc1ccc(F)cc1)N1N=C(c2ccc(Cl)cc2)C[C@H]1c1ccco1. The van der Waals surface area contributed by atoms with Gasteiger partial charge in [0.1, 0.15) is 17.6 Å². The van der Waals surface area contributed by atoms with Gasteiger partial charge in [-0.2, -0.15) is 5.10 Å². The van der Waals surface area contributed by atoms with E-state index in [2.05, 4.69) is 5.10 Å². The minimum absolute atomic E-state index is 0.139. The van der Waals surface area contributed by atoms with Crippen molar-refractivity contribution in [3.8, 4) is 0 Å². The number of halogens is 2. The fraction of sp³-hybridized carbons (Fsp3) is 0.143. The van der Waals surface area contributed by atoms with Gasteiger partial charge in [-0.3, -0.25) is 4.79 Å². The third kappa shape index (κ3) is 4.13. The number of carbonyl (C=O) groups is 1. The predicted molar refractivity (Wildman–Crippen MR) is 108 cm³/mol. The Kier molecular flexibility index (Phi) is 5.50. The first-order valence-electron chi connectivity index (χ1n) is 8.67. The largest absolute Gasteiger partial charge is 0.467 e. The molecule has 4 nitrogen and oxygen atoms in total. The second-order valence-corrected chi connectivity index (χ2v) is 7.76. The summed E-state index contributed by atoms with van der Waals surface area (Å²) < 4.78 is 18.6. The number of nitrogens with zero attached hydrogens (tertiary/aromatic N) is 2. The van der Waals surface area contributed by atoms with Crippen LogP contribution in [0.2, 0.25) is 5.02 Å². The van der Waals surface area contributed by atoms with Crippen molar-refractivity contribution in [3.63, 3.8) is 0 Å². The molecule has 28 heavy (non-hydrogen) atoms. The van der Waals surface area contributed by atoms with Gasteiger partial charge in [0, 0.05) is 16.3 Å². The standard InChI is InChI=1S/C21H16ClFN2O2S/c22-15-5-3-14(4-6-15)18-12-19(20-2-1-11-27-20)25(24-18)21(26)13-28-17-9-7-16(23)8-10-17/h1-11,19H,12-13H2/t19-/m0/s1. The molecule has 0 radical (unpaired) electrons. The van der Waals surface area contributed by atoms with E-state index in [1.807, 2.05) is 18.2 Å². The lowest BCUT2D eigenvalue weighted by Gasteiger charge is -2.19. The van der Waals surface area contributed by atoms with Crippen LogP contribution in [-0.4, -0.2) is 22.4 Å². The molecule has 3 aromatic rings. The fourth-order valence-electron chi connectivity index (χ4n) is 3.00. The van der Waals surface area contributed by atoms with Crippen LogP contribution < -0.4 is 0 Å². The van der Waals surface area contributed by atoms with Crippen LogP contribution in [0.4, 0.5) is 4.39 Å². The van der Waals surface area contributed by atoms with E-state index in [9.17, 15) is 9.18 Å². The summed E-state index contributed by atoms with van der Waals surface area (Å²) in [5.74, 6) is 0.443. The summed E-state index contributed by atoms with van der Waals surface area (Å²) in [6.45, 7) is 0. The number of hydrazone groups is 1. The molecule has 1 aromatic heterocycles. The Labute approximate surface area is 171 Å². The molecule has 0 saturated carbocycles. The molecule has 7 heteroatoms. The summed E-state index contributed by atoms with van der Waals surface area (Å²) in [5.41, 5.74) is 1.72. The van der Waals surface area contributed by atoms with Crippen LogP contribution in [0.3, 0.4) is 0 Å². The van der Waals surface area contributed by atoms with Crippen molar-refractivity contribution in [1.29, 1.82) is 0 Å². The molecule has 0 N–H and O–H groups in total. The number of rotatable bonds is 5. The lowest BCUT2D eigenvalue weighted by atomic mass is 10.0. The molecule has 1 atom stereocenters. The summed E-state index contributed by atoms with van der Waals surface area (Å²) in [4.78, 5) is 13.7. The molecule has 1 amide bonds. The minimum Gasteiger partial charge on any atom is -0.467 e. The number of hydrogen-bond acceptors (Lipinski definition) is 4. The second-order valence-electron chi connectivity index (χ2n) is 6.27. The Bertz CT molecular complexity index is 988. The summed E-state index contributed by atoms with van der Waals surface area (Å²) in [6.07, 6.45) is 2.15. The monoisotopic (exact) mass is 414 g/mol. The lowest BCUT2D eigenvalue weighted by Crippen LogP contribution is -2.28. The van der Waals surface area contributed by atoms with Crippen molar-refractivity contribution in [2.45, 2.75) is 17.4 Å². The van der Waals surface area contributed by atoms with Gasteiger partial charge < -0.3 is 4.42 Å². The number of hydrogen-bond donors (Lipinski definition) is 0. The molecule has 0 spiro atoms. The molecule has 0 saturated heterocycles. The molecule has 0 aliphatic carbocycles. The van der Waals surface area contributed by atoms with Crippen LogP contribution in [0.25, 0.3) is 0 Å². The van der Waals surface area contributed by atoms with Crippen LogP contribution in [0.5, 0.6) is 0 Å². The Morgan fingerprint density at radius 2 is 1.93 bits per heavy atom. The zero-order chi connectivity index (χ0) is 19.5. The third-order valence-corrected chi connectivity index (χ3v) is 5.64. The van der Waals surface area contributed by atoms with Gasteiger partial charge in [-0.15, -0.1) is 11.8 Å². The van der Waals surface area contributed by atoms with Gasteiger partial charge in [0.05, 0.1) is 17.7 Å². The molecule has 2 aromatic carbocycles. The van der Waals surface area contributed by atoms with E-state index in [4.69, 9.17) is 16.0 Å². The molecule has 1 aliphatic rings. The van der Waals surface area contributed by atoms with Crippen molar-refractivity contribution in [1.82, 2.24) is 5.01 Å². The minimum atomic E-state index is -0.301. The maximum Gasteiger partial charge on any atom is 0.253 e. The zero-order valence-corrected chi connectivity index (χ0v) is 16.3. The van der Waals surface area contributed by atoms with Crippen molar-refractivity contribution in [3.05, 3.63) is 89.1 Å². The van der Waals surface area contributed by atoms with Crippen LogP contribution >= 0.6 is 23.4 Å². The number of carbonyl (C=O) groups excluding carboxylic acids is 1. The van der Waals surface area contributed by atoms with Crippen LogP contribution in [0, 0.1) is 5.82 Å². The van der Waals surface area contributed by atoms with Gasteiger partial charge in [-0.05, 0) is 54.1 Å². The van der Waals surface area contributed by atoms with E-state index in [1.165, 1.54) is 28.9 Å². The first kappa shape index (κ1) is 18.8. The van der Waals surface area contributed by atoms with E-state index in [1.54, 1.807) is 36.6 Å². The summed E-state index contributed by atoms with van der Waals surface area (Å²) in [7, 11) is 0. The molecule has 0 bridgehead atoms. The quantitative estimate of drug-likeness (QED) is 0.515. The number of thioether (sulfide) groups is 1. The van der Waals surface area contributed by atoms with E-state index >= 15 is 0 Å². The van der Waals surface area contributed by atoms with Gasteiger partial charge in [-0.25, -0.2) is 9.40 Å². The second kappa shape index (κ2) is 8.20. The van der Waals surface area contributed by atoms with Crippen molar-refractivity contribution in [2.75, 3.05) is 5.75 Å². The van der Waals surface area contributed by atoms with Crippen molar-refractivity contribution >= 4 is 35.0 Å². The summed E-state index contributed by atoms with van der Waals surface area (Å²) >= 11 is 7.32. The van der Waals surface area contributed by atoms with Crippen molar-refractivity contribution in [2.24, 2.45) is 5.10 Å². The van der Waals surface area contributed by atoms with E-state index in [0.29, 0.717) is 17.2 Å². The Balaban J connectivity index is 1.54. The maximum absolute atomic E-state index is 13.0. The average Bonchev–Trinajstić information content (AvgIpc) is 3.37. The predicted octanol–water partition coefficient (Wildman–Crippen LogP) is 5.54. The van der Waals surface area contributed by atoms with E-state index < -0.39 is 0 Å². The van der Waals surface area contributed by atoms with Crippen LogP contribution in [0.15, 0.2) is 81.3 Å². The van der Waals surface area contributed by atoms with Gasteiger partial charge in [0.25, 0.3) is 5.91 Å². The smallest absolute Gasteiger partial charge is 0.253 e. The highest BCUT2D eigenvalue weighted by molar-refractivity contribution is 8.00. The Morgan fingerprint density at radius 3 is 2.61 bits per heavy atom. The number of amides is 1. The highest BCUT2D eigenvalue weighted by Crippen LogP contribution is 2.34. The average molecular weight is 415 g/mol. The maximum atomic E-state index is 13.0. The lowest BCUT2D eigenvalue weighted by molar-refractivity contribution is -0.130. The molecule has 0 unspecified atom stereocenters. The Hall–Kier alpha value is -2.57. The molecule has 4 rings (SSSR count). The summed E-state index contributed by atoms with van der Waals surface area (Å²) in [6, 6.07) is 16.8. The fourth-order valence-corrected chi connectivity index (χ4v) is 3.88. The van der Waals surface area contributed by atoms with Gasteiger partial charge >= 0.3 is 0 Å². The van der Waals surface area contributed by atoms with Crippen LogP contribution in [-0.2, 0) is 4.79 Å². The number of benzene rings is 2. The molecule has 1 aliphatic heterocycles. The normalized spacial score (nSPS) is 16.3. The highest BCUT2D eigenvalue weighted by atomic mass is 35.5. The molecular weight excluding hydrogens is 399 g/mol. The van der Waals surface area contributed by atoms with E-state index in [-0.39, 0.29) is 23.5 Å². The highest BCUT2D eigenvalue weighted by Gasteiger charge is 2.34. The van der Waals surface area contributed by atoms with E-state index in [0.717, 1.165) is 16.2 Å². The van der Waals surface area contributed by atoms with Gasteiger partial charge in [0.2, 0.25) is 0 Å². The topological polar surface area (TPSA) is 45.8 Å². The number of furan rings is 1. The Morgan fingerprint density at radius 1 is 1.18 bits per heavy atom. The first-order chi connectivity index (χ1) is 13.6. The van der Waals surface area contributed by atoms with Crippen molar-refractivity contribution < 1.29 is 13.6 Å². The molecule has 142 valence electrons. The van der Waals surface area contributed by atoms with Crippen LogP contribution in [0.1, 0.15) is 23.8 Å². The zero-order valence-electron chi connectivity index (χ0n) is 14.7. The van der Waals surface area contributed by atoms with Gasteiger partial charge in [0.15, 0.2) is 0 Å². The third-order valence-electron chi connectivity index (χ3n) is 4.39. The van der Waals surface area contributed by atoms with Gasteiger partial charge in [-0.1, -0.05) is 23.7 Å². The molecule has 2 heterocycles. The summed E-state index contributed by atoms with van der Waals surface area (Å²) in [5, 5.41) is 6.71. The molecular formula is C21H16ClFN2O2S.